The van der Waals surface area contributed by atoms with E-state index in [1.807, 2.05) is 0 Å². The number of anilines is 2. The second-order valence-corrected chi connectivity index (χ2v) is 10.0. The number of aromatic nitrogens is 8. The van der Waals surface area contributed by atoms with Gasteiger partial charge in [-0.2, -0.15) is 0 Å². The van der Waals surface area contributed by atoms with Crippen LogP contribution in [0.2, 0.25) is 0 Å². The average Bonchev–Trinajstić information content (AvgIpc) is 3.73. The van der Waals surface area contributed by atoms with Gasteiger partial charge >= 0.3 is 12.1 Å². The fraction of sp³-hybridized carbons (Fsp3) is 0.455. The van der Waals surface area contributed by atoms with Crippen molar-refractivity contribution in [1.29, 1.82) is 0 Å². The lowest BCUT2D eigenvalue weighted by Crippen LogP contribution is -2.59. The van der Waals surface area contributed by atoms with Crippen molar-refractivity contribution < 1.29 is 29.3 Å². The van der Waals surface area contributed by atoms with Crippen molar-refractivity contribution in [3.05, 3.63) is 25.3 Å². The van der Waals surface area contributed by atoms with Crippen LogP contribution in [0.1, 0.15) is 12.5 Å². The molecule has 42 heavy (non-hydrogen) atoms. The Hall–Kier alpha value is -4.92. The first-order valence-electron chi connectivity index (χ1n) is 12.9. The Bertz CT molecular complexity index is 1560. The van der Waals surface area contributed by atoms with Gasteiger partial charge in [-0.25, -0.2) is 39.5 Å². The minimum atomic E-state index is -1.26. The van der Waals surface area contributed by atoms with Crippen LogP contribution in [-0.4, -0.2) is 111 Å². The molecule has 220 valence electrons. The molecule has 3 aliphatic rings. The van der Waals surface area contributed by atoms with Gasteiger partial charge in [0.2, 0.25) is 0 Å². The van der Waals surface area contributed by atoms with Gasteiger partial charge in [-0.3, -0.25) is 9.13 Å². The normalized spacial score (nSPS) is 31.8. The van der Waals surface area contributed by atoms with Gasteiger partial charge in [0.25, 0.3) is 0 Å². The molecule has 10 N–H and O–H groups in total. The molecule has 0 radical (unpaired) electrons. The van der Waals surface area contributed by atoms with Gasteiger partial charge in [0.05, 0.1) is 24.7 Å². The summed E-state index contributed by atoms with van der Waals surface area (Å²) in [5.74, 6) is 0.314. The van der Waals surface area contributed by atoms with Crippen molar-refractivity contribution in [1.82, 2.24) is 60.3 Å². The molecule has 7 heterocycles. The molecule has 8 atom stereocenters. The molecule has 4 aromatic rings. The summed E-state index contributed by atoms with van der Waals surface area (Å²) in [5.41, 5.74) is 13.1. The standard InChI is InChI=1S/C22H26N14O6/c23-15-11-17(29-3-27-15)35(5-31-11)19-13(37)9-7(41-19)1-25-21(39)34-10-8(2-26-22(40)33-9)42-20(14(10)38)36-6-32-12-16(24)28-4-30-18(12)36/h3-10,13-14,19-20,37-38H,1-2H2,(H2,23,27,29)(H2,24,28,30)(H2,25,34,39)(H2,26,33,40)/t7-,8-,9-,10-,13-,14-,19-,20-/m1/s1. The van der Waals surface area contributed by atoms with Gasteiger partial charge in [-0.1, -0.05) is 0 Å². The molecule has 7 rings (SSSR count). The third-order valence-corrected chi connectivity index (χ3v) is 7.60. The Kier molecular flexibility index (Phi) is 6.11. The minimum absolute atomic E-state index is 0.103. The molecule has 0 spiro atoms. The molecule has 20 nitrogen and oxygen atoms in total. The summed E-state index contributed by atoms with van der Waals surface area (Å²) in [5, 5.41) is 33.2. The number of urea groups is 2. The average molecular weight is 583 g/mol. The van der Waals surface area contributed by atoms with Crippen molar-refractivity contribution >= 4 is 46.0 Å². The lowest BCUT2D eigenvalue weighted by Gasteiger charge is -2.26. The van der Waals surface area contributed by atoms with Crippen LogP contribution in [0.25, 0.3) is 22.3 Å². The van der Waals surface area contributed by atoms with Gasteiger partial charge in [-0.15, -0.1) is 0 Å². The zero-order valence-corrected chi connectivity index (χ0v) is 21.6. The summed E-state index contributed by atoms with van der Waals surface area (Å²) in [6.07, 6.45) is -0.923. The quantitative estimate of drug-likeness (QED) is 0.115. The van der Waals surface area contributed by atoms with Gasteiger partial charge < -0.3 is 52.4 Å². The van der Waals surface area contributed by atoms with Crippen molar-refractivity contribution in [2.24, 2.45) is 0 Å². The first-order chi connectivity index (χ1) is 20.3. The molecule has 0 aliphatic carbocycles. The number of fused-ring (bicyclic) bond motifs is 4. The largest absolute Gasteiger partial charge is 0.386 e. The molecule has 4 aromatic heterocycles. The molecule has 0 unspecified atom stereocenters. The predicted octanol–water partition coefficient (Wildman–Crippen LogP) is -3.30. The first-order valence-corrected chi connectivity index (χ1v) is 12.9. The topological polar surface area (TPSA) is 280 Å². The van der Waals surface area contributed by atoms with Crippen molar-refractivity contribution in [3.63, 3.8) is 0 Å². The van der Waals surface area contributed by atoms with Gasteiger partial charge in [0.15, 0.2) is 35.4 Å². The highest BCUT2D eigenvalue weighted by Crippen LogP contribution is 2.34. The van der Waals surface area contributed by atoms with Crippen LogP contribution >= 0.6 is 0 Å². The van der Waals surface area contributed by atoms with Crippen LogP contribution in [0.4, 0.5) is 21.2 Å². The summed E-state index contributed by atoms with van der Waals surface area (Å²) in [7, 11) is 0. The molecule has 0 aromatic carbocycles. The predicted molar refractivity (Wildman–Crippen MR) is 140 cm³/mol. The van der Waals surface area contributed by atoms with Crippen molar-refractivity contribution in [2.45, 2.75) is 49.0 Å². The number of nitrogens with two attached hydrogens (primary N) is 2. The Labute approximate surface area is 234 Å². The van der Waals surface area contributed by atoms with E-state index in [-0.39, 0.29) is 24.7 Å². The molecule has 0 bridgehead atoms. The molecule has 3 fully saturated rings. The second-order valence-electron chi connectivity index (χ2n) is 10.0. The Morgan fingerprint density at radius 3 is 1.57 bits per heavy atom. The summed E-state index contributed by atoms with van der Waals surface area (Å²) in [6, 6.07) is -3.13. The van der Waals surface area contributed by atoms with Crippen LogP contribution in [0.3, 0.4) is 0 Å². The number of ether oxygens (including phenoxy) is 2. The van der Waals surface area contributed by atoms with E-state index < -0.39 is 61.0 Å². The molecule has 4 amide bonds. The highest BCUT2D eigenvalue weighted by atomic mass is 16.5. The van der Waals surface area contributed by atoms with E-state index >= 15 is 0 Å². The monoisotopic (exact) mass is 582 g/mol. The summed E-state index contributed by atoms with van der Waals surface area (Å²) in [4.78, 5) is 50.6. The lowest BCUT2D eigenvalue weighted by atomic mass is 10.1. The lowest BCUT2D eigenvalue weighted by molar-refractivity contribution is -0.0335. The molecular weight excluding hydrogens is 556 g/mol. The SMILES string of the molecule is Nc1ncnc2c1ncn2[C@@H]1O[C@@H]2CNC(=O)N[C@H]3[C@@H](O)[C@H](n4cnc5c(N)ncnc54)O[C@@H]3CNC(=O)N[C@H]2[C@H]1O. The number of nitrogens with zero attached hydrogens (tertiary/aromatic N) is 8. The van der Waals surface area contributed by atoms with E-state index in [9.17, 15) is 19.8 Å². The molecule has 20 heteroatoms. The van der Waals surface area contributed by atoms with Crippen molar-refractivity contribution in [2.75, 3.05) is 24.6 Å². The minimum Gasteiger partial charge on any atom is -0.386 e. The number of hydrogen-bond acceptors (Lipinski definition) is 14. The van der Waals surface area contributed by atoms with Gasteiger partial charge in [0.1, 0.15) is 48.1 Å². The molecule has 3 aliphatic heterocycles. The number of rotatable bonds is 2. The Balaban J connectivity index is 1.12. The highest BCUT2D eigenvalue weighted by Gasteiger charge is 2.49. The van der Waals surface area contributed by atoms with E-state index in [0.29, 0.717) is 22.3 Å². The third kappa shape index (κ3) is 4.15. The third-order valence-electron chi connectivity index (χ3n) is 7.60. The Morgan fingerprint density at radius 2 is 1.14 bits per heavy atom. The second kappa shape index (κ2) is 9.87. The number of nitrogens with one attached hydrogen (secondary N) is 4. The summed E-state index contributed by atoms with van der Waals surface area (Å²) >= 11 is 0. The number of nitrogen functional groups attached to an aromatic ring is 2. The van der Waals surface area contributed by atoms with E-state index in [1.165, 1.54) is 34.4 Å². The number of hydrogen-bond donors (Lipinski definition) is 8. The molecule has 0 saturated carbocycles. The number of carbonyl (C=O) groups excluding carboxylic acids is 2. The van der Waals surface area contributed by atoms with Crippen molar-refractivity contribution in [3.8, 4) is 0 Å². The number of amides is 4. The van der Waals surface area contributed by atoms with E-state index in [4.69, 9.17) is 20.9 Å². The maximum Gasteiger partial charge on any atom is 0.315 e. The van der Waals surface area contributed by atoms with E-state index in [0.717, 1.165) is 0 Å². The van der Waals surface area contributed by atoms with Crippen LogP contribution in [0, 0.1) is 0 Å². The number of carbonyl (C=O) groups is 2. The summed E-state index contributed by atoms with van der Waals surface area (Å²) in [6.45, 7) is -0.206. The number of aliphatic hydroxyl groups excluding tert-OH is 2. The van der Waals surface area contributed by atoms with Crippen LogP contribution in [-0.2, 0) is 9.47 Å². The van der Waals surface area contributed by atoms with Gasteiger partial charge in [-0.05, 0) is 0 Å². The fourth-order valence-corrected chi connectivity index (χ4v) is 5.55. The van der Waals surface area contributed by atoms with Gasteiger partial charge in [0, 0.05) is 13.1 Å². The van der Waals surface area contributed by atoms with Crippen LogP contribution < -0.4 is 32.7 Å². The summed E-state index contributed by atoms with van der Waals surface area (Å²) < 4.78 is 15.1. The Morgan fingerprint density at radius 1 is 0.714 bits per heavy atom. The first kappa shape index (κ1) is 26.0. The molecule has 3 saturated heterocycles. The van der Waals surface area contributed by atoms with Crippen LogP contribution in [0.15, 0.2) is 25.3 Å². The van der Waals surface area contributed by atoms with Crippen LogP contribution in [0.5, 0.6) is 0 Å². The smallest absolute Gasteiger partial charge is 0.315 e. The maximum atomic E-state index is 13.0. The van der Waals surface area contributed by atoms with E-state index in [1.54, 1.807) is 0 Å². The number of aliphatic hydroxyl groups is 2. The molecular formula is C22H26N14O6. The highest BCUT2D eigenvalue weighted by molar-refractivity contribution is 5.82. The zero-order chi connectivity index (χ0) is 29.1. The fourth-order valence-electron chi connectivity index (χ4n) is 5.55. The zero-order valence-electron chi connectivity index (χ0n) is 21.6. The van der Waals surface area contributed by atoms with E-state index in [2.05, 4.69) is 51.2 Å². The maximum absolute atomic E-state index is 13.0. The number of imidazole rings is 2.